The lowest BCUT2D eigenvalue weighted by Gasteiger charge is -2.38. The SMILES string of the molecule is NC1CC(=O)N(C2CC2)C(=O)N1c1ccc(I)cc1F. The zero-order chi connectivity index (χ0) is 14.4. The van der Waals surface area contributed by atoms with Gasteiger partial charge in [-0.25, -0.2) is 9.18 Å². The lowest BCUT2D eigenvalue weighted by atomic mass is 10.1. The summed E-state index contributed by atoms with van der Waals surface area (Å²) in [5.41, 5.74) is 6.00. The highest BCUT2D eigenvalue weighted by Gasteiger charge is 2.45. The number of halogens is 2. The van der Waals surface area contributed by atoms with Gasteiger partial charge in [-0.1, -0.05) is 0 Å². The zero-order valence-electron chi connectivity index (χ0n) is 10.6. The molecule has 1 aromatic carbocycles. The molecule has 5 nitrogen and oxygen atoms in total. The van der Waals surface area contributed by atoms with Crippen molar-refractivity contribution in [1.82, 2.24) is 4.90 Å². The number of urea groups is 1. The zero-order valence-corrected chi connectivity index (χ0v) is 12.7. The number of carbonyl (C=O) groups is 2. The molecule has 1 saturated heterocycles. The highest BCUT2D eigenvalue weighted by Crippen LogP contribution is 2.34. The molecule has 1 aliphatic carbocycles. The summed E-state index contributed by atoms with van der Waals surface area (Å²) in [7, 11) is 0. The van der Waals surface area contributed by atoms with Crippen molar-refractivity contribution in [3.63, 3.8) is 0 Å². The van der Waals surface area contributed by atoms with Crippen LogP contribution in [0.5, 0.6) is 0 Å². The smallest absolute Gasteiger partial charge is 0.310 e. The number of hydrogen-bond donors (Lipinski definition) is 1. The highest BCUT2D eigenvalue weighted by atomic mass is 127. The second-order valence-electron chi connectivity index (χ2n) is 5.01. The van der Waals surface area contributed by atoms with Crippen LogP contribution in [0.3, 0.4) is 0 Å². The number of nitrogens with two attached hydrogens (primary N) is 1. The molecule has 0 radical (unpaired) electrons. The second-order valence-corrected chi connectivity index (χ2v) is 6.26. The lowest BCUT2D eigenvalue weighted by Crippen LogP contribution is -2.61. The number of carbonyl (C=O) groups excluding carboxylic acids is 2. The second kappa shape index (κ2) is 4.96. The van der Waals surface area contributed by atoms with Crippen molar-refractivity contribution in [2.45, 2.75) is 31.5 Å². The van der Waals surface area contributed by atoms with Gasteiger partial charge in [-0.3, -0.25) is 14.6 Å². The number of anilines is 1. The molecule has 2 aliphatic rings. The van der Waals surface area contributed by atoms with E-state index in [9.17, 15) is 14.0 Å². The van der Waals surface area contributed by atoms with Crippen LogP contribution < -0.4 is 10.6 Å². The molecule has 7 heteroatoms. The summed E-state index contributed by atoms with van der Waals surface area (Å²) >= 11 is 1.99. The Balaban J connectivity index is 1.98. The van der Waals surface area contributed by atoms with Crippen molar-refractivity contribution in [1.29, 1.82) is 0 Å². The van der Waals surface area contributed by atoms with E-state index in [4.69, 9.17) is 5.73 Å². The van der Waals surface area contributed by atoms with Crippen molar-refractivity contribution in [3.8, 4) is 0 Å². The molecule has 0 spiro atoms. The van der Waals surface area contributed by atoms with Crippen molar-refractivity contribution in [2.75, 3.05) is 4.90 Å². The van der Waals surface area contributed by atoms with E-state index < -0.39 is 18.0 Å². The molecule has 0 aromatic heterocycles. The van der Waals surface area contributed by atoms with Gasteiger partial charge in [0.25, 0.3) is 0 Å². The molecule has 1 saturated carbocycles. The van der Waals surface area contributed by atoms with Crippen molar-refractivity contribution in [2.24, 2.45) is 5.73 Å². The maximum absolute atomic E-state index is 14.1. The van der Waals surface area contributed by atoms with Gasteiger partial charge >= 0.3 is 6.03 Å². The molecule has 2 N–H and O–H groups in total. The van der Waals surface area contributed by atoms with E-state index in [1.165, 1.54) is 21.9 Å². The number of rotatable bonds is 2. The fraction of sp³-hybridized carbons (Fsp3) is 0.385. The molecule has 2 fully saturated rings. The minimum atomic E-state index is -0.820. The van der Waals surface area contributed by atoms with Crippen LogP contribution in [0.25, 0.3) is 0 Å². The fourth-order valence-electron chi connectivity index (χ4n) is 2.38. The largest absolute Gasteiger partial charge is 0.332 e. The molecule has 106 valence electrons. The number of amides is 3. The first-order chi connectivity index (χ1) is 9.49. The predicted molar refractivity (Wildman–Crippen MR) is 79.5 cm³/mol. The normalized spacial score (nSPS) is 23.4. The molecular formula is C13H13FIN3O2. The first-order valence-corrected chi connectivity index (χ1v) is 7.43. The Morgan fingerprint density at radius 3 is 2.55 bits per heavy atom. The number of hydrogen-bond acceptors (Lipinski definition) is 3. The monoisotopic (exact) mass is 389 g/mol. The molecule has 20 heavy (non-hydrogen) atoms. The van der Waals surface area contributed by atoms with Gasteiger partial charge in [0.1, 0.15) is 5.82 Å². The van der Waals surface area contributed by atoms with Crippen LogP contribution in [-0.4, -0.2) is 29.0 Å². The predicted octanol–water partition coefficient (Wildman–Crippen LogP) is 2.04. The Labute approximate surface area is 129 Å². The van der Waals surface area contributed by atoms with E-state index in [0.717, 1.165) is 16.4 Å². The molecule has 3 rings (SSSR count). The molecule has 1 heterocycles. The quantitative estimate of drug-likeness (QED) is 0.788. The van der Waals surface area contributed by atoms with E-state index in [2.05, 4.69) is 0 Å². The third-order valence-corrected chi connectivity index (χ3v) is 4.15. The Bertz CT molecular complexity index is 591. The van der Waals surface area contributed by atoms with Crippen LogP contribution in [0.2, 0.25) is 0 Å². The molecule has 1 aromatic rings. The van der Waals surface area contributed by atoms with E-state index in [0.29, 0.717) is 0 Å². The van der Waals surface area contributed by atoms with Gasteiger partial charge in [0.05, 0.1) is 18.3 Å². The summed E-state index contributed by atoms with van der Waals surface area (Å²) in [6.07, 6.45) is 0.832. The molecule has 0 bridgehead atoms. The van der Waals surface area contributed by atoms with Crippen molar-refractivity contribution >= 4 is 40.2 Å². The lowest BCUT2D eigenvalue weighted by molar-refractivity contribution is -0.130. The van der Waals surface area contributed by atoms with Crippen LogP contribution >= 0.6 is 22.6 Å². The van der Waals surface area contributed by atoms with Gasteiger partial charge in [0.2, 0.25) is 5.91 Å². The van der Waals surface area contributed by atoms with Gasteiger partial charge in [-0.05, 0) is 53.6 Å². The highest BCUT2D eigenvalue weighted by molar-refractivity contribution is 14.1. The van der Waals surface area contributed by atoms with Crippen molar-refractivity contribution < 1.29 is 14.0 Å². The van der Waals surface area contributed by atoms with Crippen LogP contribution in [-0.2, 0) is 4.79 Å². The summed E-state index contributed by atoms with van der Waals surface area (Å²) in [5.74, 6) is -0.780. The number of nitrogens with zero attached hydrogens (tertiary/aromatic N) is 2. The van der Waals surface area contributed by atoms with Crippen LogP contribution in [0.1, 0.15) is 19.3 Å². The summed E-state index contributed by atoms with van der Waals surface area (Å²) in [4.78, 5) is 26.8. The fourth-order valence-corrected chi connectivity index (χ4v) is 2.84. The summed E-state index contributed by atoms with van der Waals surface area (Å²) in [6.45, 7) is 0. The number of imide groups is 1. The van der Waals surface area contributed by atoms with E-state index in [-0.39, 0.29) is 24.1 Å². The van der Waals surface area contributed by atoms with E-state index >= 15 is 0 Å². The Kier molecular flexibility index (Phi) is 3.41. The summed E-state index contributed by atoms with van der Waals surface area (Å²) in [5, 5.41) is 0. The van der Waals surface area contributed by atoms with Gasteiger partial charge in [0.15, 0.2) is 0 Å². The molecular weight excluding hydrogens is 376 g/mol. The maximum Gasteiger partial charge on any atom is 0.332 e. The van der Waals surface area contributed by atoms with Gasteiger partial charge in [-0.15, -0.1) is 0 Å². The summed E-state index contributed by atoms with van der Waals surface area (Å²) < 4.78 is 14.8. The average molecular weight is 389 g/mol. The van der Waals surface area contributed by atoms with E-state index in [1.807, 2.05) is 22.6 Å². The number of benzene rings is 1. The van der Waals surface area contributed by atoms with Crippen LogP contribution in [0.15, 0.2) is 18.2 Å². The van der Waals surface area contributed by atoms with Crippen molar-refractivity contribution in [3.05, 3.63) is 27.6 Å². The van der Waals surface area contributed by atoms with E-state index in [1.54, 1.807) is 6.07 Å². The minimum absolute atomic E-state index is 0.0215. The molecule has 1 unspecified atom stereocenters. The Morgan fingerprint density at radius 2 is 1.95 bits per heavy atom. The first kappa shape index (κ1) is 13.7. The minimum Gasteiger partial charge on any atom is -0.310 e. The van der Waals surface area contributed by atoms with Crippen LogP contribution in [0, 0.1) is 9.39 Å². The van der Waals surface area contributed by atoms with Gasteiger partial charge in [0, 0.05) is 9.61 Å². The average Bonchev–Trinajstić information content (AvgIpc) is 3.15. The third kappa shape index (κ3) is 2.28. The maximum atomic E-state index is 14.1. The molecule has 1 aliphatic heterocycles. The first-order valence-electron chi connectivity index (χ1n) is 6.35. The van der Waals surface area contributed by atoms with Gasteiger partial charge < -0.3 is 5.73 Å². The third-order valence-electron chi connectivity index (χ3n) is 3.48. The molecule has 1 atom stereocenters. The van der Waals surface area contributed by atoms with Gasteiger partial charge in [-0.2, -0.15) is 0 Å². The topological polar surface area (TPSA) is 66.6 Å². The van der Waals surface area contributed by atoms with Crippen LogP contribution in [0.4, 0.5) is 14.9 Å². The molecule has 3 amide bonds. The summed E-state index contributed by atoms with van der Waals surface area (Å²) in [6, 6.07) is 4.01. The Morgan fingerprint density at radius 1 is 1.25 bits per heavy atom. The standard InChI is InChI=1S/C13H13FIN3O2/c14-9-5-7(15)1-4-10(9)18-11(16)6-12(19)17(13(18)20)8-2-3-8/h1,4-5,8,11H,2-3,6,16H2. The Hall–Kier alpha value is -1.22.